The van der Waals surface area contributed by atoms with Crippen LogP contribution in [0.25, 0.3) is 0 Å². The summed E-state index contributed by atoms with van der Waals surface area (Å²) in [5.41, 5.74) is 0. The molecule has 5 heteroatoms. The lowest BCUT2D eigenvalue weighted by molar-refractivity contribution is -0.139. The van der Waals surface area contributed by atoms with Gasteiger partial charge in [0.1, 0.15) is 6.04 Å². The molecular formula is C11H22N2O3. The Balaban J connectivity index is 2.03. The normalized spacial score (nSPS) is 17.7. The molecule has 0 amide bonds. The Kier molecular flexibility index (Phi) is 5.73. The fourth-order valence-electron chi connectivity index (χ4n) is 1.45. The van der Waals surface area contributed by atoms with E-state index in [0.717, 1.165) is 19.1 Å². The fourth-order valence-corrected chi connectivity index (χ4v) is 1.45. The van der Waals surface area contributed by atoms with E-state index in [1.54, 1.807) is 7.05 Å². The second-order valence-corrected chi connectivity index (χ2v) is 4.46. The van der Waals surface area contributed by atoms with Gasteiger partial charge in [-0.15, -0.1) is 0 Å². The predicted molar refractivity (Wildman–Crippen MR) is 61.5 cm³/mol. The van der Waals surface area contributed by atoms with E-state index in [4.69, 9.17) is 9.84 Å². The third kappa shape index (κ3) is 5.44. The van der Waals surface area contributed by atoms with Crippen LogP contribution < -0.4 is 5.32 Å². The van der Waals surface area contributed by atoms with E-state index in [1.165, 1.54) is 12.8 Å². The largest absolute Gasteiger partial charge is 0.480 e. The predicted octanol–water partition coefficient (Wildman–Crippen LogP) is 0.0174. The van der Waals surface area contributed by atoms with Gasteiger partial charge < -0.3 is 20.1 Å². The molecule has 1 fully saturated rings. The molecule has 1 unspecified atom stereocenters. The summed E-state index contributed by atoms with van der Waals surface area (Å²) in [5.74, 6) is -0.0253. The number of rotatable bonds is 9. The molecule has 0 aliphatic heterocycles. The van der Waals surface area contributed by atoms with Gasteiger partial charge in [-0.2, -0.15) is 0 Å². The van der Waals surface area contributed by atoms with Crippen LogP contribution in [0.1, 0.15) is 12.8 Å². The van der Waals surface area contributed by atoms with Gasteiger partial charge in [0.25, 0.3) is 0 Å². The van der Waals surface area contributed by atoms with E-state index < -0.39 is 12.0 Å². The molecule has 2 N–H and O–H groups in total. The van der Waals surface area contributed by atoms with E-state index >= 15 is 0 Å². The Bertz CT molecular complexity index is 219. The Morgan fingerprint density at radius 1 is 1.62 bits per heavy atom. The SMILES string of the molecule is CNC(CN(C)CCOCC1CC1)C(=O)O. The molecule has 94 valence electrons. The molecule has 5 nitrogen and oxygen atoms in total. The van der Waals surface area contributed by atoms with Crippen LogP contribution in [-0.4, -0.2) is 62.4 Å². The first-order chi connectivity index (χ1) is 7.63. The Morgan fingerprint density at radius 3 is 2.81 bits per heavy atom. The van der Waals surface area contributed by atoms with Crippen LogP contribution in [0.5, 0.6) is 0 Å². The summed E-state index contributed by atoms with van der Waals surface area (Å²) in [5, 5.41) is 11.6. The number of nitrogens with zero attached hydrogens (tertiary/aromatic N) is 1. The van der Waals surface area contributed by atoms with Crippen LogP contribution in [0.2, 0.25) is 0 Å². The molecule has 1 saturated carbocycles. The summed E-state index contributed by atoms with van der Waals surface area (Å²) in [7, 11) is 3.57. The molecule has 1 rings (SSSR count). The molecule has 0 heterocycles. The van der Waals surface area contributed by atoms with Crippen LogP contribution in [0.4, 0.5) is 0 Å². The van der Waals surface area contributed by atoms with Gasteiger partial charge in [0, 0.05) is 19.7 Å². The Morgan fingerprint density at radius 2 is 2.31 bits per heavy atom. The third-order valence-corrected chi connectivity index (χ3v) is 2.81. The number of ether oxygens (including phenoxy) is 1. The summed E-state index contributed by atoms with van der Waals surface area (Å²) in [6, 6.07) is -0.506. The van der Waals surface area contributed by atoms with Crippen LogP contribution in [0.3, 0.4) is 0 Å². The van der Waals surface area contributed by atoms with Crippen molar-refractivity contribution in [1.82, 2.24) is 10.2 Å². The highest BCUT2D eigenvalue weighted by Gasteiger charge is 2.21. The molecule has 0 saturated heterocycles. The van der Waals surface area contributed by atoms with Crippen LogP contribution in [-0.2, 0) is 9.53 Å². The molecule has 16 heavy (non-hydrogen) atoms. The van der Waals surface area contributed by atoms with Gasteiger partial charge in [-0.1, -0.05) is 0 Å². The quantitative estimate of drug-likeness (QED) is 0.547. The van der Waals surface area contributed by atoms with Crippen molar-refractivity contribution >= 4 is 5.97 Å². The average Bonchev–Trinajstić information content (AvgIpc) is 3.04. The molecule has 0 aromatic rings. The van der Waals surface area contributed by atoms with Crippen LogP contribution in [0.15, 0.2) is 0 Å². The zero-order valence-electron chi connectivity index (χ0n) is 10.1. The minimum Gasteiger partial charge on any atom is -0.480 e. The summed E-state index contributed by atoms with van der Waals surface area (Å²) in [6.45, 7) is 2.82. The zero-order chi connectivity index (χ0) is 12.0. The first-order valence-corrected chi connectivity index (χ1v) is 5.80. The summed E-state index contributed by atoms with van der Waals surface area (Å²) in [4.78, 5) is 12.7. The van der Waals surface area contributed by atoms with Gasteiger partial charge in [0.2, 0.25) is 0 Å². The van der Waals surface area contributed by atoms with Gasteiger partial charge >= 0.3 is 5.97 Å². The highest BCUT2D eigenvalue weighted by atomic mass is 16.5. The molecule has 0 radical (unpaired) electrons. The number of carboxylic acid groups (broad SMARTS) is 1. The molecule has 0 bridgehead atoms. The number of hydrogen-bond acceptors (Lipinski definition) is 4. The van der Waals surface area contributed by atoms with Crippen molar-refractivity contribution in [1.29, 1.82) is 0 Å². The molecule has 1 aliphatic carbocycles. The van der Waals surface area contributed by atoms with Crippen molar-refractivity contribution in [2.24, 2.45) is 5.92 Å². The molecular weight excluding hydrogens is 208 g/mol. The second kappa shape index (κ2) is 6.83. The number of nitrogens with one attached hydrogen (secondary N) is 1. The van der Waals surface area contributed by atoms with Gasteiger partial charge in [-0.25, -0.2) is 0 Å². The lowest BCUT2D eigenvalue weighted by Crippen LogP contribution is -2.44. The van der Waals surface area contributed by atoms with Gasteiger partial charge in [-0.3, -0.25) is 4.79 Å². The van der Waals surface area contributed by atoms with Crippen molar-refractivity contribution in [3.05, 3.63) is 0 Å². The van der Waals surface area contributed by atoms with Crippen molar-refractivity contribution < 1.29 is 14.6 Å². The summed E-state index contributed by atoms with van der Waals surface area (Å²) in [6.07, 6.45) is 2.60. The smallest absolute Gasteiger partial charge is 0.322 e. The maximum atomic E-state index is 10.8. The Labute approximate surface area is 96.8 Å². The monoisotopic (exact) mass is 230 g/mol. The van der Waals surface area contributed by atoms with E-state index in [2.05, 4.69) is 5.32 Å². The van der Waals surface area contributed by atoms with Gasteiger partial charge in [0.05, 0.1) is 6.61 Å². The number of aliphatic carboxylic acids is 1. The first kappa shape index (κ1) is 13.4. The molecule has 1 aliphatic rings. The minimum atomic E-state index is -0.812. The summed E-state index contributed by atoms with van der Waals surface area (Å²) >= 11 is 0. The molecule has 0 aromatic carbocycles. The van der Waals surface area contributed by atoms with E-state index in [1.807, 2.05) is 11.9 Å². The second-order valence-electron chi connectivity index (χ2n) is 4.46. The lowest BCUT2D eigenvalue weighted by atomic mass is 10.3. The maximum absolute atomic E-state index is 10.8. The van der Waals surface area contributed by atoms with Crippen molar-refractivity contribution in [2.75, 3.05) is 40.4 Å². The Hall–Kier alpha value is -0.650. The zero-order valence-corrected chi connectivity index (χ0v) is 10.1. The first-order valence-electron chi connectivity index (χ1n) is 5.80. The van der Waals surface area contributed by atoms with E-state index in [-0.39, 0.29) is 0 Å². The highest BCUT2D eigenvalue weighted by Crippen LogP contribution is 2.28. The van der Waals surface area contributed by atoms with Crippen molar-refractivity contribution in [3.8, 4) is 0 Å². The molecule has 0 aromatic heterocycles. The molecule has 0 spiro atoms. The minimum absolute atomic E-state index is 0.499. The number of carbonyl (C=O) groups is 1. The van der Waals surface area contributed by atoms with Crippen molar-refractivity contribution in [2.45, 2.75) is 18.9 Å². The number of hydrogen-bond donors (Lipinski definition) is 2. The highest BCUT2D eigenvalue weighted by molar-refractivity contribution is 5.73. The number of likely N-dealkylation sites (N-methyl/N-ethyl adjacent to an activating group) is 2. The van der Waals surface area contributed by atoms with Gasteiger partial charge in [-0.05, 0) is 32.9 Å². The van der Waals surface area contributed by atoms with Gasteiger partial charge in [0.15, 0.2) is 0 Å². The van der Waals surface area contributed by atoms with Crippen LogP contribution >= 0.6 is 0 Å². The average molecular weight is 230 g/mol. The van der Waals surface area contributed by atoms with Crippen LogP contribution in [0, 0.1) is 5.92 Å². The maximum Gasteiger partial charge on any atom is 0.322 e. The van der Waals surface area contributed by atoms with Crippen molar-refractivity contribution in [3.63, 3.8) is 0 Å². The standard InChI is InChI=1S/C11H22N2O3/c1-12-10(11(14)15)7-13(2)5-6-16-8-9-3-4-9/h9-10,12H,3-8H2,1-2H3,(H,14,15). The molecule has 1 atom stereocenters. The lowest BCUT2D eigenvalue weighted by Gasteiger charge is -2.20. The number of carboxylic acids is 1. The fraction of sp³-hybridized carbons (Fsp3) is 0.909. The van der Waals surface area contributed by atoms with E-state index in [0.29, 0.717) is 13.2 Å². The summed E-state index contributed by atoms with van der Waals surface area (Å²) < 4.78 is 5.49. The van der Waals surface area contributed by atoms with E-state index in [9.17, 15) is 4.79 Å². The topological polar surface area (TPSA) is 61.8 Å². The third-order valence-electron chi connectivity index (χ3n) is 2.81.